The van der Waals surface area contributed by atoms with E-state index in [9.17, 15) is 4.79 Å². The standard InChI is InChI=1S/C14H16BrClO2/c1-3-14(4-2)12(17)8-13(14)18-11-7-9(15)5-6-10(11)16/h5-7,13H,3-4,8H2,1-2H3. The second-order valence-electron chi connectivity index (χ2n) is 4.67. The number of rotatable bonds is 4. The number of carbonyl (C=O) groups excluding carboxylic acids is 1. The van der Waals surface area contributed by atoms with E-state index in [1.807, 2.05) is 26.0 Å². The van der Waals surface area contributed by atoms with Gasteiger partial charge < -0.3 is 4.74 Å². The molecule has 1 unspecified atom stereocenters. The number of carbonyl (C=O) groups is 1. The van der Waals surface area contributed by atoms with Crippen molar-refractivity contribution < 1.29 is 9.53 Å². The average Bonchev–Trinajstić information content (AvgIpc) is 2.35. The van der Waals surface area contributed by atoms with E-state index in [0.717, 1.165) is 17.3 Å². The maximum Gasteiger partial charge on any atom is 0.146 e. The molecule has 0 radical (unpaired) electrons. The summed E-state index contributed by atoms with van der Waals surface area (Å²) in [6, 6.07) is 5.51. The molecule has 1 fully saturated rings. The fraction of sp³-hybridized carbons (Fsp3) is 0.500. The largest absolute Gasteiger partial charge is 0.487 e. The summed E-state index contributed by atoms with van der Waals surface area (Å²) in [5.74, 6) is 0.957. The Morgan fingerprint density at radius 2 is 2.11 bits per heavy atom. The highest BCUT2D eigenvalue weighted by Gasteiger charge is 2.53. The summed E-state index contributed by atoms with van der Waals surface area (Å²) in [6.07, 6.45) is 2.08. The molecule has 1 aromatic carbocycles. The molecule has 0 saturated heterocycles. The Kier molecular flexibility index (Phi) is 4.02. The Bertz CT molecular complexity index is 469. The molecule has 0 aromatic heterocycles. The summed E-state index contributed by atoms with van der Waals surface area (Å²) in [5.41, 5.74) is -0.314. The van der Waals surface area contributed by atoms with E-state index in [1.54, 1.807) is 6.07 Å². The maximum atomic E-state index is 11.8. The molecule has 0 bridgehead atoms. The second kappa shape index (κ2) is 5.22. The number of ketones is 1. The van der Waals surface area contributed by atoms with Crippen LogP contribution in [0.3, 0.4) is 0 Å². The first-order chi connectivity index (χ1) is 8.53. The van der Waals surface area contributed by atoms with Crippen molar-refractivity contribution in [2.24, 2.45) is 5.41 Å². The lowest BCUT2D eigenvalue weighted by molar-refractivity contribution is -0.153. The Morgan fingerprint density at radius 1 is 1.44 bits per heavy atom. The number of hydrogen-bond donors (Lipinski definition) is 0. The highest BCUT2D eigenvalue weighted by molar-refractivity contribution is 9.10. The van der Waals surface area contributed by atoms with Gasteiger partial charge in [0.05, 0.1) is 10.4 Å². The number of ether oxygens (including phenoxy) is 1. The molecule has 1 aliphatic rings. The molecular formula is C14H16BrClO2. The van der Waals surface area contributed by atoms with Gasteiger partial charge in [0.1, 0.15) is 17.6 Å². The highest BCUT2D eigenvalue weighted by atomic mass is 79.9. The van der Waals surface area contributed by atoms with Gasteiger partial charge in [-0.15, -0.1) is 0 Å². The van der Waals surface area contributed by atoms with Crippen LogP contribution in [0.25, 0.3) is 0 Å². The molecule has 98 valence electrons. The Hall–Kier alpha value is -0.540. The third-order valence-corrected chi connectivity index (χ3v) is 4.77. The summed E-state index contributed by atoms with van der Waals surface area (Å²) >= 11 is 9.50. The fourth-order valence-electron chi connectivity index (χ4n) is 2.59. The van der Waals surface area contributed by atoms with Crippen molar-refractivity contribution >= 4 is 33.3 Å². The van der Waals surface area contributed by atoms with Crippen LogP contribution in [0.4, 0.5) is 0 Å². The van der Waals surface area contributed by atoms with E-state index in [4.69, 9.17) is 16.3 Å². The van der Waals surface area contributed by atoms with Crippen molar-refractivity contribution in [2.75, 3.05) is 0 Å². The van der Waals surface area contributed by atoms with Crippen LogP contribution in [-0.2, 0) is 4.79 Å². The van der Waals surface area contributed by atoms with Gasteiger partial charge >= 0.3 is 0 Å². The minimum Gasteiger partial charge on any atom is -0.487 e. The van der Waals surface area contributed by atoms with E-state index in [0.29, 0.717) is 23.0 Å². The molecule has 1 aliphatic carbocycles. The van der Waals surface area contributed by atoms with Crippen LogP contribution in [0.2, 0.25) is 5.02 Å². The van der Waals surface area contributed by atoms with E-state index >= 15 is 0 Å². The van der Waals surface area contributed by atoms with Gasteiger partial charge in [0.2, 0.25) is 0 Å². The third-order valence-electron chi connectivity index (χ3n) is 3.97. The van der Waals surface area contributed by atoms with Crippen LogP contribution >= 0.6 is 27.5 Å². The predicted octanol–water partition coefficient (Wildman–Crippen LogP) is 4.63. The van der Waals surface area contributed by atoms with E-state index in [2.05, 4.69) is 15.9 Å². The summed E-state index contributed by atoms with van der Waals surface area (Å²) in [6.45, 7) is 4.08. The zero-order valence-electron chi connectivity index (χ0n) is 10.5. The monoisotopic (exact) mass is 330 g/mol. The van der Waals surface area contributed by atoms with Gasteiger partial charge in [0, 0.05) is 10.9 Å². The quantitative estimate of drug-likeness (QED) is 0.804. The van der Waals surface area contributed by atoms with Crippen LogP contribution in [0.5, 0.6) is 5.75 Å². The van der Waals surface area contributed by atoms with Crippen LogP contribution in [0.15, 0.2) is 22.7 Å². The summed E-state index contributed by atoms with van der Waals surface area (Å²) in [4.78, 5) is 11.8. The fourth-order valence-corrected chi connectivity index (χ4v) is 3.09. The molecule has 2 rings (SSSR count). The Morgan fingerprint density at radius 3 is 2.67 bits per heavy atom. The first-order valence-corrected chi connectivity index (χ1v) is 7.35. The average molecular weight is 332 g/mol. The summed E-state index contributed by atoms with van der Waals surface area (Å²) in [5, 5.41) is 0.582. The number of halogens is 2. The minimum absolute atomic E-state index is 0.0493. The zero-order valence-corrected chi connectivity index (χ0v) is 12.8. The van der Waals surface area contributed by atoms with Crippen LogP contribution < -0.4 is 4.74 Å². The highest BCUT2D eigenvalue weighted by Crippen LogP contribution is 2.46. The first kappa shape index (κ1) is 13.9. The number of Topliss-reactive ketones (excluding diaryl/α,β-unsaturated/α-hetero) is 1. The van der Waals surface area contributed by atoms with Crippen molar-refractivity contribution in [3.8, 4) is 5.75 Å². The van der Waals surface area contributed by atoms with Gasteiger partial charge in [-0.05, 0) is 31.0 Å². The molecule has 0 N–H and O–H groups in total. The molecule has 2 nitrogen and oxygen atoms in total. The molecule has 0 aliphatic heterocycles. The van der Waals surface area contributed by atoms with Crippen molar-refractivity contribution in [2.45, 2.75) is 39.2 Å². The van der Waals surface area contributed by atoms with Gasteiger partial charge in [-0.2, -0.15) is 0 Å². The predicted molar refractivity (Wildman–Crippen MR) is 76.2 cm³/mol. The molecule has 0 amide bonds. The second-order valence-corrected chi connectivity index (χ2v) is 5.99. The van der Waals surface area contributed by atoms with E-state index in [1.165, 1.54) is 0 Å². The number of benzene rings is 1. The molecule has 1 aromatic rings. The van der Waals surface area contributed by atoms with Gasteiger partial charge in [-0.1, -0.05) is 41.4 Å². The smallest absolute Gasteiger partial charge is 0.146 e. The van der Waals surface area contributed by atoms with E-state index < -0.39 is 0 Å². The van der Waals surface area contributed by atoms with Crippen molar-refractivity contribution in [3.05, 3.63) is 27.7 Å². The lowest BCUT2D eigenvalue weighted by Crippen LogP contribution is -2.56. The van der Waals surface area contributed by atoms with Gasteiger partial charge in [-0.3, -0.25) is 4.79 Å². The van der Waals surface area contributed by atoms with Crippen LogP contribution in [-0.4, -0.2) is 11.9 Å². The molecular weight excluding hydrogens is 316 g/mol. The first-order valence-electron chi connectivity index (χ1n) is 6.18. The zero-order chi connectivity index (χ0) is 13.3. The maximum absolute atomic E-state index is 11.8. The molecule has 0 spiro atoms. The topological polar surface area (TPSA) is 26.3 Å². The molecule has 4 heteroatoms. The molecule has 1 atom stereocenters. The van der Waals surface area contributed by atoms with Crippen molar-refractivity contribution in [1.82, 2.24) is 0 Å². The normalized spacial score (nSPS) is 21.6. The van der Waals surface area contributed by atoms with Crippen LogP contribution in [0.1, 0.15) is 33.1 Å². The Balaban J connectivity index is 2.20. The number of hydrogen-bond acceptors (Lipinski definition) is 2. The summed E-state index contributed by atoms with van der Waals surface area (Å²) < 4.78 is 6.87. The SMILES string of the molecule is CCC1(CC)C(=O)CC1Oc1cc(Br)ccc1Cl. The third kappa shape index (κ3) is 2.19. The minimum atomic E-state index is -0.314. The molecule has 0 heterocycles. The van der Waals surface area contributed by atoms with Crippen LogP contribution in [0, 0.1) is 5.41 Å². The van der Waals surface area contributed by atoms with E-state index in [-0.39, 0.29) is 11.5 Å². The Labute approximate surface area is 121 Å². The van der Waals surface area contributed by atoms with Crippen molar-refractivity contribution in [1.29, 1.82) is 0 Å². The summed E-state index contributed by atoms with van der Waals surface area (Å²) in [7, 11) is 0. The lowest BCUT2D eigenvalue weighted by Gasteiger charge is -2.46. The molecule has 18 heavy (non-hydrogen) atoms. The molecule has 1 saturated carbocycles. The van der Waals surface area contributed by atoms with Gasteiger partial charge in [0.15, 0.2) is 0 Å². The van der Waals surface area contributed by atoms with Gasteiger partial charge in [-0.25, -0.2) is 0 Å². The lowest BCUT2D eigenvalue weighted by atomic mass is 9.61. The van der Waals surface area contributed by atoms with Crippen molar-refractivity contribution in [3.63, 3.8) is 0 Å². The van der Waals surface area contributed by atoms with Gasteiger partial charge in [0.25, 0.3) is 0 Å².